The second kappa shape index (κ2) is 13.8. The van der Waals surface area contributed by atoms with Crippen LogP contribution in [0.1, 0.15) is 16.2 Å². The number of nitrogens with one attached hydrogen (secondary N) is 3. The Morgan fingerprint density at radius 2 is 1.59 bits per heavy atom. The normalized spacial score (nSPS) is 18.0. The molecule has 0 unspecified atom stereocenters. The maximum Gasteiger partial charge on any atom is 0.274 e. The number of aromatic nitrogens is 2. The third-order valence-electron chi connectivity index (χ3n) is 7.10. The van der Waals surface area contributed by atoms with E-state index in [-0.39, 0.29) is 54.1 Å². The summed E-state index contributed by atoms with van der Waals surface area (Å²) in [4.78, 5) is 62.1. The van der Waals surface area contributed by atoms with Gasteiger partial charge in [0, 0.05) is 42.3 Å². The van der Waals surface area contributed by atoms with Gasteiger partial charge in [-0.2, -0.15) is 0 Å². The first-order valence-electron chi connectivity index (χ1n) is 13.7. The number of likely N-dealkylation sites (N-methyl/N-ethyl adjacent to an activating group) is 1. The lowest BCUT2D eigenvalue weighted by atomic mass is 10.1. The number of hydrogen-bond acceptors (Lipinski definition) is 10. The summed E-state index contributed by atoms with van der Waals surface area (Å²) in [6.45, 7) is -0.191. The number of amides is 4. The average Bonchev–Trinajstić information content (AvgIpc) is 3.03. The van der Waals surface area contributed by atoms with Crippen LogP contribution in [0.25, 0.3) is 21.8 Å². The Bertz CT molecular complexity index is 1740. The van der Waals surface area contributed by atoms with Gasteiger partial charge in [-0.25, -0.2) is 9.97 Å². The summed E-state index contributed by atoms with van der Waals surface area (Å²) < 4.78 is 0. The lowest BCUT2D eigenvalue weighted by Crippen LogP contribution is -2.53. The SMILES string of the molecule is CN1C(=O)CNC(=O)[C@H](NC(=O)c2nc3ccccc3cc2O)CSSC[C@H]1C(=O)NCCc1nc2ccccc2cc1O. The van der Waals surface area contributed by atoms with E-state index in [2.05, 4.69) is 25.9 Å². The van der Waals surface area contributed by atoms with Gasteiger partial charge in [-0.3, -0.25) is 19.2 Å². The van der Waals surface area contributed by atoms with Gasteiger partial charge in [0.05, 0.1) is 23.3 Å². The third-order valence-corrected chi connectivity index (χ3v) is 9.51. The smallest absolute Gasteiger partial charge is 0.274 e. The van der Waals surface area contributed by atoms with Crippen molar-refractivity contribution in [2.24, 2.45) is 0 Å². The zero-order chi connectivity index (χ0) is 31.2. The minimum atomic E-state index is -1.03. The summed E-state index contributed by atoms with van der Waals surface area (Å²) in [5.74, 6) is -2.12. The zero-order valence-electron chi connectivity index (χ0n) is 23.6. The fourth-order valence-corrected chi connectivity index (χ4v) is 7.05. The van der Waals surface area contributed by atoms with Crippen molar-refractivity contribution in [2.45, 2.75) is 18.5 Å². The Morgan fingerprint density at radius 1 is 0.955 bits per heavy atom. The van der Waals surface area contributed by atoms with Crippen molar-refractivity contribution in [2.75, 3.05) is 31.6 Å². The fraction of sp³-hybridized carbons (Fsp3) is 0.267. The first-order valence-corrected chi connectivity index (χ1v) is 16.2. The van der Waals surface area contributed by atoms with Gasteiger partial charge in [0.15, 0.2) is 5.69 Å². The van der Waals surface area contributed by atoms with Gasteiger partial charge in [0.1, 0.15) is 23.6 Å². The van der Waals surface area contributed by atoms with E-state index in [0.29, 0.717) is 16.6 Å². The monoisotopic (exact) mass is 634 g/mol. The van der Waals surface area contributed by atoms with Crippen molar-refractivity contribution >= 4 is 67.0 Å². The van der Waals surface area contributed by atoms with Crippen LogP contribution in [0.2, 0.25) is 0 Å². The van der Waals surface area contributed by atoms with Crippen LogP contribution >= 0.6 is 21.6 Å². The van der Waals surface area contributed by atoms with E-state index in [1.165, 1.54) is 39.6 Å². The number of carbonyl (C=O) groups is 4. The molecule has 3 heterocycles. The first-order chi connectivity index (χ1) is 21.2. The van der Waals surface area contributed by atoms with Crippen molar-refractivity contribution in [1.29, 1.82) is 0 Å². The highest BCUT2D eigenvalue weighted by atomic mass is 33.1. The lowest BCUT2D eigenvalue weighted by molar-refractivity contribution is -0.138. The van der Waals surface area contributed by atoms with Gasteiger partial charge in [0.25, 0.3) is 5.91 Å². The van der Waals surface area contributed by atoms with Crippen LogP contribution in [-0.4, -0.2) is 92.4 Å². The van der Waals surface area contributed by atoms with Crippen LogP contribution in [0.5, 0.6) is 11.5 Å². The quantitative estimate of drug-likeness (QED) is 0.197. The van der Waals surface area contributed by atoms with Crippen molar-refractivity contribution < 1.29 is 29.4 Å². The van der Waals surface area contributed by atoms with E-state index in [0.717, 1.165) is 10.9 Å². The summed E-state index contributed by atoms with van der Waals surface area (Å²) in [7, 11) is 4.04. The molecule has 1 saturated heterocycles. The highest BCUT2D eigenvalue weighted by Crippen LogP contribution is 2.26. The number of fused-ring (bicyclic) bond motifs is 2. The topological polar surface area (TPSA) is 174 Å². The maximum atomic E-state index is 13.2. The molecule has 5 N–H and O–H groups in total. The van der Waals surface area contributed by atoms with Crippen LogP contribution in [0.4, 0.5) is 0 Å². The van der Waals surface area contributed by atoms with Crippen LogP contribution in [-0.2, 0) is 20.8 Å². The Labute approximate surface area is 260 Å². The van der Waals surface area contributed by atoms with Crippen LogP contribution in [0.3, 0.4) is 0 Å². The summed E-state index contributed by atoms with van der Waals surface area (Å²) in [5, 5.41) is 30.2. The van der Waals surface area contributed by atoms with Gasteiger partial charge in [-0.15, -0.1) is 0 Å². The minimum absolute atomic E-state index is 0.0381. The van der Waals surface area contributed by atoms with Gasteiger partial charge in [-0.1, -0.05) is 58.0 Å². The maximum absolute atomic E-state index is 13.2. The average molecular weight is 635 g/mol. The molecular formula is C30H30N6O6S2. The molecule has 4 aromatic rings. The predicted octanol–water partition coefficient (Wildman–Crippen LogP) is 1.99. The van der Waals surface area contributed by atoms with Gasteiger partial charge in [-0.05, 0) is 24.3 Å². The van der Waals surface area contributed by atoms with Gasteiger partial charge in [0.2, 0.25) is 17.7 Å². The molecule has 228 valence electrons. The molecule has 0 aliphatic carbocycles. The number of nitrogens with zero attached hydrogens (tertiary/aromatic N) is 3. The molecule has 5 rings (SSSR count). The Balaban J connectivity index is 1.20. The molecule has 14 heteroatoms. The molecule has 0 saturated carbocycles. The molecule has 1 aliphatic rings. The van der Waals surface area contributed by atoms with Crippen LogP contribution in [0, 0.1) is 0 Å². The Hall–Kier alpha value is -4.56. The fourth-order valence-electron chi connectivity index (χ4n) is 4.61. The molecule has 12 nitrogen and oxygen atoms in total. The number of para-hydroxylation sites is 2. The molecule has 0 bridgehead atoms. The molecule has 1 aliphatic heterocycles. The number of rotatable bonds is 6. The molecule has 2 atom stereocenters. The number of aromatic hydroxyl groups is 2. The second-order valence-electron chi connectivity index (χ2n) is 10.1. The predicted molar refractivity (Wildman–Crippen MR) is 169 cm³/mol. The zero-order valence-corrected chi connectivity index (χ0v) is 25.3. The molecule has 0 spiro atoms. The molecule has 44 heavy (non-hydrogen) atoms. The molecule has 4 amide bonds. The second-order valence-corrected chi connectivity index (χ2v) is 12.6. The summed E-state index contributed by atoms with van der Waals surface area (Å²) in [5.41, 5.74) is 1.47. The number of hydrogen-bond donors (Lipinski definition) is 5. The van der Waals surface area contributed by atoms with E-state index < -0.39 is 29.8 Å². The summed E-state index contributed by atoms with van der Waals surface area (Å²) in [6.07, 6.45) is 0.285. The number of pyridine rings is 2. The van der Waals surface area contributed by atoms with E-state index in [9.17, 15) is 29.4 Å². The summed E-state index contributed by atoms with van der Waals surface area (Å²) >= 11 is 0. The van der Waals surface area contributed by atoms with Crippen LogP contribution in [0.15, 0.2) is 60.7 Å². The van der Waals surface area contributed by atoms with Crippen molar-refractivity contribution in [3.8, 4) is 11.5 Å². The highest BCUT2D eigenvalue weighted by molar-refractivity contribution is 8.76. The third kappa shape index (κ3) is 7.14. The van der Waals surface area contributed by atoms with E-state index in [4.69, 9.17) is 0 Å². The van der Waals surface area contributed by atoms with E-state index in [1.807, 2.05) is 24.3 Å². The largest absolute Gasteiger partial charge is 0.506 e. The highest BCUT2D eigenvalue weighted by Gasteiger charge is 2.30. The van der Waals surface area contributed by atoms with E-state index >= 15 is 0 Å². The van der Waals surface area contributed by atoms with Gasteiger partial charge >= 0.3 is 0 Å². The minimum Gasteiger partial charge on any atom is -0.506 e. The standard InChI is InChI=1S/C30H30N6O6S2/c1-36-23(29(41)31-11-10-21-24(37)12-17-6-2-4-8-19(17)33-21)16-44-43-15-22(28(40)32-14-26(36)39)35-30(42)27-25(38)13-18-7-3-5-9-20(18)34-27/h2-9,12-13,22-23,37-38H,10-11,14-16H2,1H3,(H,31,41)(H,32,40)(H,35,42)/t22-,23+/m1/s1. The van der Waals surface area contributed by atoms with Crippen molar-refractivity contribution in [1.82, 2.24) is 30.8 Å². The molecule has 2 aromatic carbocycles. The van der Waals surface area contributed by atoms with E-state index in [1.54, 1.807) is 30.3 Å². The Morgan fingerprint density at radius 3 is 2.32 bits per heavy atom. The van der Waals surface area contributed by atoms with Gasteiger partial charge < -0.3 is 31.1 Å². The summed E-state index contributed by atoms with van der Waals surface area (Å²) in [6, 6.07) is 15.6. The first kappa shape index (κ1) is 30.9. The Kier molecular flexibility index (Phi) is 9.70. The van der Waals surface area contributed by atoms with Crippen LogP contribution < -0.4 is 16.0 Å². The molecule has 1 fully saturated rings. The number of benzene rings is 2. The lowest BCUT2D eigenvalue weighted by Gasteiger charge is -2.26. The molecule has 0 radical (unpaired) electrons. The van der Waals surface area contributed by atoms with Crippen molar-refractivity contribution in [3.63, 3.8) is 0 Å². The van der Waals surface area contributed by atoms with Crippen molar-refractivity contribution in [3.05, 3.63) is 72.1 Å². The molecular weight excluding hydrogens is 605 g/mol. The number of carbonyl (C=O) groups excluding carboxylic acids is 4. The molecule has 2 aromatic heterocycles.